The number of halogens is 1. The Bertz CT molecular complexity index is 1070. The highest BCUT2D eigenvalue weighted by atomic mass is 35.5. The van der Waals surface area contributed by atoms with Crippen molar-refractivity contribution < 1.29 is 9.53 Å². The van der Waals surface area contributed by atoms with Gasteiger partial charge in [0.1, 0.15) is 5.75 Å². The monoisotopic (exact) mass is 455 g/mol. The third-order valence-electron chi connectivity index (χ3n) is 4.19. The van der Waals surface area contributed by atoms with E-state index < -0.39 is 0 Å². The lowest BCUT2D eigenvalue weighted by molar-refractivity contribution is -0.118. The number of thioether (sulfide) groups is 1. The van der Waals surface area contributed by atoms with Crippen molar-refractivity contribution in [3.8, 4) is 17.1 Å². The van der Waals surface area contributed by atoms with Gasteiger partial charge in [-0.05, 0) is 42.8 Å². The van der Waals surface area contributed by atoms with Crippen LogP contribution in [0.25, 0.3) is 17.5 Å². The molecule has 1 N–H and O–H groups in total. The number of hydrogen-bond acceptors (Lipinski definition) is 6. The lowest BCUT2D eigenvalue weighted by atomic mass is 10.2. The van der Waals surface area contributed by atoms with Gasteiger partial charge < -0.3 is 9.30 Å². The lowest BCUT2D eigenvalue weighted by Crippen LogP contribution is -2.19. The molecule has 3 rings (SSSR count). The molecule has 0 unspecified atom stereocenters. The Hall–Kier alpha value is -3.10. The minimum absolute atomic E-state index is 0.151. The van der Waals surface area contributed by atoms with Crippen LogP contribution in [0.4, 0.5) is 0 Å². The highest BCUT2D eigenvalue weighted by molar-refractivity contribution is 7.99. The standard InChI is InChI=1S/C22H22ClN5O2S/c1-3-28-21(17-9-11-19(30-2)12-10-17)26-27-22(28)31-15-20(29)25-24-14-18(23)13-16-7-5-4-6-8-16/h4-14H,3,15H2,1-2H3,(H,25,29)/b18-13-,24-14-. The van der Waals surface area contributed by atoms with Crippen LogP contribution in [0, 0.1) is 0 Å². The van der Waals surface area contributed by atoms with Crippen molar-refractivity contribution >= 4 is 41.6 Å². The molecule has 0 aliphatic carbocycles. The minimum Gasteiger partial charge on any atom is -0.497 e. The molecule has 0 radical (unpaired) electrons. The SMILES string of the molecule is CCn1c(SCC(=O)N/N=C\C(Cl)=C\c2ccccc2)nnc1-c1ccc(OC)cc1. The van der Waals surface area contributed by atoms with E-state index in [1.807, 2.05) is 66.1 Å². The molecule has 3 aromatic rings. The maximum Gasteiger partial charge on any atom is 0.250 e. The summed E-state index contributed by atoms with van der Waals surface area (Å²) in [6.45, 7) is 2.68. The third-order valence-corrected chi connectivity index (χ3v) is 5.37. The van der Waals surface area contributed by atoms with Gasteiger partial charge in [-0.2, -0.15) is 5.10 Å². The Morgan fingerprint density at radius 1 is 1.19 bits per heavy atom. The summed E-state index contributed by atoms with van der Waals surface area (Å²) < 4.78 is 7.15. The summed E-state index contributed by atoms with van der Waals surface area (Å²) in [4.78, 5) is 12.1. The number of hydrazone groups is 1. The fourth-order valence-corrected chi connectivity index (χ4v) is 3.68. The van der Waals surface area contributed by atoms with Crippen LogP contribution in [0.1, 0.15) is 12.5 Å². The molecule has 0 saturated heterocycles. The molecule has 0 aliphatic heterocycles. The summed E-state index contributed by atoms with van der Waals surface area (Å²) in [6.07, 6.45) is 3.16. The first-order valence-electron chi connectivity index (χ1n) is 9.55. The molecule has 0 aliphatic rings. The van der Waals surface area contributed by atoms with Crippen molar-refractivity contribution in [2.45, 2.75) is 18.6 Å². The van der Waals surface area contributed by atoms with Gasteiger partial charge >= 0.3 is 0 Å². The number of ether oxygens (including phenoxy) is 1. The largest absolute Gasteiger partial charge is 0.497 e. The van der Waals surface area contributed by atoms with E-state index in [1.165, 1.54) is 18.0 Å². The Morgan fingerprint density at radius 3 is 2.61 bits per heavy atom. The van der Waals surface area contributed by atoms with Crippen molar-refractivity contribution in [2.75, 3.05) is 12.9 Å². The molecular formula is C22H22ClN5O2S. The Balaban J connectivity index is 1.56. The number of carbonyl (C=O) groups is 1. The number of aromatic nitrogens is 3. The zero-order valence-electron chi connectivity index (χ0n) is 17.2. The van der Waals surface area contributed by atoms with Crippen molar-refractivity contribution in [3.05, 3.63) is 65.2 Å². The topological polar surface area (TPSA) is 81.4 Å². The summed E-state index contributed by atoms with van der Waals surface area (Å²) >= 11 is 7.41. The molecular weight excluding hydrogens is 434 g/mol. The zero-order chi connectivity index (χ0) is 22.1. The molecule has 2 aromatic carbocycles. The first kappa shape index (κ1) is 22.6. The van der Waals surface area contributed by atoms with Gasteiger partial charge in [-0.3, -0.25) is 4.79 Å². The normalized spacial score (nSPS) is 11.6. The van der Waals surface area contributed by atoms with Gasteiger partial charge in [-0.25, -0.2) is 5.43 Å². The second-order valence-corrected chi connectivity index (χ2v) is 7.68. The molecule has 160 valence electrons. The van der Waals surface area contributed by atoms with Crippen LogP contribution in [0.3, 0.4) is 0 Å². The molecule has 0 fully saturated rings. The number of rotatable bonds is 9. The molecule has 7 nitrogen and oxygen atoms in total. The average Bonchev–Trinajstić information content (AvgIpc) is 3.21. The van der Waals surface area contributed by atoms with Gasteiger partial charge in [0.15, 0.2) is 11.0 Å². The molecule has 1 aromatic heterocycles. The maximum atomic E-state index is 12.1. The maximum absolute atomic E-state index is 12.1. The van der Waals surface area contributed by atoms with Crippen molar-refractivity contribution in [3.63, 3.8) is 0 Å². The van der Waals surface area contributed by atoms with Gasteiger partial charge in [0, 0.05) is 12.1 Å². The summed E-state index contributed by atoms with van der Waals surface area (Å²) in [5.41, 5.74) is 4.35. The predicted octanol–water partition coefficient (Wildman–Crippen LogP) is 4.45. The molecule has 0 atom stereocenters. The molecule has 0 bridgehead atoms. The van der Waals surface area contributed by atoms with Gasteiger partial charge in [-0.15, -0.1) is 10.2 Å². The number of nitrogens with one attached hydrogen (secondary N) is 1. The van der Waals surface area contributed by atoms with E-state index in [4.69, 9.17) is 16.3 Å². The number of nitrogens with zero attached hydrogens (tertiary/aromatic N) is 4. The minimum atomic E-state index is -0.262. The van der Waals surface area contributed by atoms with E-state index in [1.54, 1.807) is 13.2 Å². The first-order chi connectivity index (χ1) is 15.1. The molecule has 1 heterocycles. The fraction of sp³-hybridized carbons (Fsp3) is 0.182. The molecule has 31 heavy (non-hydrogen) atoms. The van der Waals surface area contributed by atoms with Gasteiger partial charge in [0.25, 0.3) is 5.91 Å². The van der Waals surface area contributed by atoms with Crippen LogP contribution in [-0.4, -0.2) is 39.7 Å². The van der Waals surface area contributed by atoms with Crippen LogP contribution in [-0.2, 0) is 11.3 Å². The van der Waals surface area contributed by atoms with Crippen LogP contribution in [0.2, 0.25) is 0 Å². The molecule has 1 amide bonds. The van der Waals surface area contributed by atoms with Crippen LogP contribution in [0.5, 0.6) is 5.75 Å². The van der Waals surface area contributed by atoms with E-state index >= 15 is 0 Å². The van der Waals surface area contributed by atoms with E-state index in [0.717, 1.165) is 22.7 Å². The summed E-state index contributed by atoms with van der Waals surface area (Å²) in [6, 6.07) is 17.2. The Labute approximate surface area is 190 Å². The van der Waals surface area contributed by atoms with E-state index in [-0.39, 0.29) is 11.7 Å². The molecule has 9 heteroatoms. The Morgan fingerprint density at radius 2 is 1.94 bits per heavy atom. The summed E-state index contributed by atoms with van der Waals surface area (Å²) in [7, 11) is 1.63. The average molecular weight is 456 g/mol. The van der Waals surface area contributed by atoms with Crippen LogP contribution >= 0.6 is 23.4 Å². The Kier molecular flexibility index (Phi) is 8.26. The number of carbonyl (C=O) groups excluding carboxylic acids is 1. The number of hydrogen-bond donors (Lipinski definition) is 1. The van der Waals surface area contributed by atoms with Gasteiger partial charge in [-0.1, -0.05) is 53.7 Å². The van der Waals surface area contributed by atoms with E-state index in [9.17, 15) is 4.79 Å². The second-order valence-electron chi connectivity index (χ2n) is 6.30. The number of methoxy groups -OCH3 is 1. The van der Waals surface area contributed by atoms with E-state index in [0.29, 0.717) is 16.7 Å². The predicted molar refractivity (Wildman–Crippen MR) is 125 cm³/mol. The van der Waals surface area contributed by atoms with Crippen molar-refractivity contribution in [1.82, 2.24) is 20.2 Å². The zero-order valence-corrected chi connectivity index (χ0v) is 18.7. The highest BCUT2D eigenvalue weighted by Gasteiger charge is 2.14. The van der Waals surface area contributed by atoms with Crippen molar-refractivity contribution in [2.24, 2.45) is 5.10 Å². The third kappa shape index (κ3) is 6.44. The summed E-state index contributed by atoms with van der Waals surface area (Å²) in [5.74, 6) is 1.40. The highest BCUT2D eigenvalue weighted by Crippen LogP contribution is 2.25. The molecule has 0 saturated carbocycles. The quantitative estimate of drug-likeness (QED) is 0.293. The fourth-order valence-electron chi connectivity index (χ4n) is 2.71. The van der Waals surface area contributed by atoms with E-state index in [2.05, 4.69) is 20.7 Å². The second kappa shape index (κ2) is 11.3. The van der Waals surface area contributed by atoms with Crippen LogP contribution in [0.15, 0.2) is 69.9 Å². The van der Waals surface area contributed by atoms with Gasteiger partial charge in [0.2, 0.25) is 0 Å². The smallest absolute Gasteiger partial charge is 0.250 e. The van der Waals surface area contributed by atoms with Gasteiger partial charge in [0.05, 0.1) is 24.1 Å². The first-order valence-corrected chi connectivity index (χ1v) is 10.9. The molecule has 0 spiro atoms. The number of benzene rings is 2. The summed E-state index contributed by atoms with van der Waals surface area (Å²) in [5, 5.41) is 13.5. The lowest BCUT2D eigenvalue weighted by Gasteiger charge is -2.07. The van der Waals surface area contributed by atoms with Crippen molar-refractivity contribution in [1.29, 1.82) is 0 Å². The number of allylic oxidation sites excluding steroid dienone is 1. The van der Waals surface area contributed by atoms with Crippen LogP contribution < -0.4 is 10.2 Å². The number of amides is 1.